The SMILES string of the molecule is O=CNOC[C@@H]1CC(NC(=O)C(F)(F)F)CN1. The molecule has 1 aliphatic rings. The van der Waals surface area contributed by atoms with E-state index in [2.05, 4.69) is 10.2 Å². The molecule has 3 N–H and O–H groups in total. The molecule has 1 saturated heterocycles. The average molecular weight is 255 g/mol. The molecule has 9 heteroatoms. The first kappa shape index (κ1) is 13.7. The van der Waals surface area contributed by atoms with Crippen LogP contribution in [-0.4, -0.2) is 43.7 Å². The van der Waals surface area contributed by atoms with Crippen LogP contribution in [0.1, 0.15) is 6.42 Å². The summed E-state index contributed by atoms with van der Waals surface area (Å²) in [6.07, 6.45) is -4.21. The number of hydrogen-bond acceptors (Lipinski definition) is 4. The van der Waals surface area contributed by atoms with Gasteiger partial charge in [-0.05, 0) is 6.42 Å². The molecule has 0 aromatic heterocycles. The summed E-state index contributed by atoms with van der Waals surface area (Å²) in [4.78, 5) is 25.2. The minimum absolute atomic E-state index is 0.122. The van der Waals surface area contributed by atoms with Crippen molar-refractivity contribution in [1.82, 2.24) is 16.1 Å². The molecule has 2 amide bonds. The van der Waals surface area contributed by atoms with Crippen molar-refractivity contribution in [2.45, 2.75) is 24.7 Å². The average Bonchev–Trinajstić information content (AvgIpc) is 2.65. The van der Waals surface area contributed by atoms with Crippen LogP contribution < -0.4 is 16.1 Å². The van der Waals surface area contributed by atoms with E-state index in [1.165, 1.54) is 0 Å². The third-order valence-electron chi connectivity index (χ3n) is 2.23. The second kappa shape index (κ2) is 5.82. The van der Waals surface area contributed by atoms with Crippen LogP contribution in [0.3, 0.4) is 0 Å². The van der Waals surface area contributed by atoms with E-state index in [9.17, 15) is 22.8 Å². The van der Waals surface area contributed by atoms with E-state index in [4.69, 9.17) is 0 Å². The van der Waals surface area contributed by atoms with Gasteiger partial charge in [0.25, 0.3) is 0 Å². The third kappa shape index (κ3) is 4.57. The molecular weight excluding hydrogens is 243 g/mol. The molecule has 0 aromatic rings. The minimum Gasteiger partial charge on any atom is -0.344 e. The van der Waals surface area contributed by atoms with E-state index in [0.717, 1.165) is 0 Å². The normalized spacial score (nSPS) is 24.4. The molecule has 0 aromatic carbocycles. The fourth-order valence-electron chi connectivity index (χ4n) is 1.51. The minimum atomic E-state index is -4.87. The van der Waals surface area contributed by atoms with Crippen molar-refractivity contribution in [1.29, 1.82) is 0 Å². The molecule has 0 bridgehead atoms. The van der Waals surface area contributed by atoms with E-state index in [1.54, 1.807) is 0 Å². The van der Waals surface area contributed by atoms with E-state index in [-0.39, 0.29) is 19.2 Å². The Hall–Kier alpha value is -1.35. The molecule has 0 spiro atoms. The Kier molecular flexibility index (Phi) is 4.70. The zero-order chi connectivity index (χ0) is 12.9. The van der Waals surface area contributed by atoms with Gasteiger partial charge in [-0.1, -0.05) is 0 Å². The molecule has 98 valence electrons. The molecule has 0 radical (unpaired) electrons. The van der Waals surface area contributed by atoms with Gasteiger partial charge >= 0.3 is 12.1 Å². The van der Waals surface area contributed by atoms with Crippen molar-refractivity contribution in [3.8, 4) is 0 Å². The van der Waals surface area contributed by atoms with Gasteiger partial charge in [0, 0.05) is 18.6 Å². The maximum absolute atomic E-state index is 11.9. The van der Waals surface area contributed by atoms with Crippen LogP contribution in [0.25, 0.3) is 0 Å². The van der Waals surface area contributed by atoms with Gasteiger partial charge in [-0.2, -0.15) is 13.2 Å². The molecule has 1 fully saturated rings. The quantitative estimate of drug-likeness (QED) is 0.337. The highest BCUT2D eigenvalue weighted by Gasteiger charge is 2.40. The van der Waals surface area contributed by atoms with Crippen molar-refractivity contribution in [2.24, 2.45) is 0 Å². The first-order valence-corrected chi connectivity index (χ1v) is 4.85. The van der Waals surface area contributed by atoms with Crippen LogP contribution in [-0.2, 0) is 14.4 Å². The lowest BCUT2D eigenvalue weighted by Gasteiger charge is -2.13. The van der Waals surface area contributed by atoms with E-state index >= 15 is 0 Å². The first-order valence-electron chi connectivity index (χ1n) is 4.85. The Morgan fingerprint density at radius 3 is 2.82 bits per heavy atom. The number of carbonyl (C=O) groups is 2. The zero-order valence-corrected chi connectivity index (χ0v) is 8.71. The highest BCUT2D eigenvalue weighted by Crippen LogP contribution is 2.16. The fraction of sp³-hybridized carbons (Fsp3) is 0.750. The van der Waals surface area contributed by atoms with Gasteiger partial charge in [-0.3, -0.25) is 14.4 Å². The highest BCUT2D eigenvalue weighted by molar-refractivity contribution is 5.82. The number of rotatable bonds is 5. The summed E-state index contributed by atoms with van der Waals surface area (Å²) in [6, 6.07) is -0.796. The monoisotopic (exact) mass is 255 g/mol. The molecule has 6 nitrogen and oxygen atoms in total. The van der Waals surface area contributed by atoms with Gasteiger partial charge < -0.3 is 10.6 Å². The summed E-state index contributed by atoms with van der Waals surface area (Å²) in [5.41, 5.74) is 1.97. The van der Waals surface area contributed by atoms with Crippen molar-refractivity contribution in [3.05, 3.63) is 0 Å². The summed E-state index contributed by atoms with van der Waals surface area (Å²) in [5, 5.41) is 4.73. The number of nitrogens with one attached hydrogen (secondary N) is 3. The molecule has 1 unspecified atom stereocenters. The molecule has 1 heterocycles. The highest BCUT2D eigenvalue weighted by atomic mass is 19.4. The number of halogens is 3. The van der Waals surface area contributed by atoms with Crippen LogP contribution >= 0.6 is 0 Å². The summed E-state index contributed by atoms with van der Waals surface area (Å²) in [6.45, 7) is 0.355. The molecule has 1 aliphatic heterocycles. The lowest BCUT2D eigenvalue weighted by atomic mass is 10.2. The van der Waals surface area contributed by atoms with Crippen LogP contribution in [0.2, 0.25) is 0 Å². The third-order valence-corrected chi connectivity index (χ3v) is 2.23. The molecule has 0 aliphatic carbocycles. The number of hydroxylamine groups is 1. The van der Waals surface area contributed by atoms with Gasteiger partial charge in [0.1, 0.15) is 0 Å². The number of amides is 2. The van der Waals surface area contributed by atoms with Crippen LogP contribution in [0, 0.1) is 0 Å². The molecule has 1 rings (SSSR count). The summed E-state index contributed by atoms with van der Waals surface area (Å²) >= 11 is 0. The number of hydrogen-bond donors (Lipinski definition) is 3. The van der Waals surface area contributed by atoms with E-state index in [0.29, 0.717) is 12.8 Å². The number of alkyl halides is 3. The van der Waals surface area contributed by atoms with Gasteiger partial charge in [0.05, 0.1) is 6.61 Å². The second-order valence-corrected chi connectivity index (χ2v) is 3.56. The van der Waals surface area contributed by atoms with E-state index in [1.807, 2.05) is 10.8 Å². The summed E-state index contributed by atoms with van der Waals surface area (Å²) < 4.78 is 35.8. The lowest BCUT2D eigenvalue weighted by Crippen LogP contribution is -2.43. The van der Waals surface area contributed by atoms with Crippen molar-refractivity contribution >= 4 is 12.3 Å². The van der Waals surface area contributed by atoms with Crippen LogP contribution in [0.5, 0.6) is 0 Å². The summed E-state index contributed by atoms with van der Waals surface area (Å²) in [7, 11) is 0. The van der Waals surface area contributed by atoms with Crippen molar-refractivity contribution < 1.29 is 27.6 Å². The van der Waals surface area contributed by atoms with Gasteiger partial charge in [0.2, 0.25) is 6.41 Å². The predicted octanol–water partition coefficient (Wildman–Crippen LogP) is -0.927. The molecule has 2 atom stereocenters. The number of carbonyl (C=O) groups excluding carboxylic acids is 2. The first-order chi connectivity index (χ1) is 7.93. The zero-order valence-electron chi connectivity index (χ0n) is 8.71. The largest absolute Gasteiger partial charge is 0.471 e. The van der Waals surface area contributed by atoms with Crippen molar-refractivity contribution in [3.63, 3.8) is 0 Å². The van der Waals surface area contributed by atoms with E-state index < -0.39 is 18.1 Å². The Balaban J connectivity index is 2.26. The predicted molar refractivity (Wildman–Crippen MR) is 49.5 cm³/mol. The molecule has 0 saturated carbocycles. The smallest absolute Gasteiger partial charge is 0.344 e. The maximum atomic E-state index is 11.9. The Morgan fingerprint density at radius 1 is 1.53 bits per heavy atom. The van der Waals surface area contributed by atoms with Crippen LogP contribution in [0.4, 0.5) is 13.2 Å². The summed E-state index contributed by atoms with van der Waals surface area (Å²) in [5.74, 6) is -1.95. The Bertz CT molecular complexity index is 285. The standard InChI is InChI=1S/C8H12F3N3O3/c9-8(10,11)7(16)14-5-1-6(12-2-5)3-17-13-4-15/h4-6,12H,1-3H2,(H,13,15)(H,14,16)/t5?,6-/m0/s1. The Labute approximate surface area is 94.8 Å². The Morgan fingerprint density at radius 2 is 2.24 bits per heavy atom. The van der Waals surface area contributed by atoms with Gasteiger partial charge in [-0.25, -0.2) is 5.48 Å². The van der Waals surface area contributed by atoms with Crippen LogP contribution in [0.15, 0.2) is 0 Å². The molecule has 17 heavy (non-hydrogen) atoms. The second-order valence-electron chi connectivity index (χ2n) is 3.56. The van der Waals surface area contributed by atoms with Crippen molar-refractivity contribution in [2.75, 3.05) is 13.2 Å². The maximum Gasteiger partial charge on any atom is 0.471 e. The topological polar surface area (TPSA) is 79.5 Å². The van der Waals surface area contributed by atoms with Gasteiger partial charge in [0.15, 0.2) is 0 Å². The fourth-order valence-corrected chi connectivity index (χ4v) is 1.51. The molecular formula is C8H12F3N3O3. The van der Waals surface area contributed by atoms with Gasteiger partial charge in [-0.15, -0.1) is 0 Å². The lowest BCUT2D eigenvalue weighted by molar-refractivity contribution is -0.174.